The van der Waals surface area contributed by atoms with E-state index in [1.165, 1.54) is 18.4 Å². The number of hydrogen-bond donors (Lipinski definition) is 1. The molecular weight excluding hydrogens is 359 g/mol. The van der Waals surface area contributed by atoms with Gasteiger partial charge in [-0.2, -0.15) is 18.3 Å². The number of alkyl halides is 3. The molecule has 1 N–H and O–H groups in total. The fourth-order valence-electron chi connectivity index (χ4n) is 2.96. The summed E-state index contributed by atoms with van der Waals surface area (Å²) in [6, 6.07) is 9.53. The van der Waals surface area contributed by atoms with Crippen molar-refractivity contribution in [2.75, 3.05) is 6.54 Å². The van der Waals surface area contributed by atoms with Gasteiger partial charge in [-0.15, -0.1) is 0 Å². The Kier molecular flexibility index (Phi) is 5.07. The van der Waals surface area contributed by atoms with E-state index in [0.717, 1.165) is 23.5 Å². The van der Waals surface area contributed by atoms with Gasteiger partial charge in [0.2, 0.25) is 0 Å². The molecule has 27 heavy (non-hydrogen) atoms. The monoisotopic (exact) mass is 377 g/mol. The van der Waals surface area contributed by atoms with Gasteiger partial charge in [-0.25, -0.2) is 0 Å². The Labute approximate surface area is 153 Å². The minimum absolute atomic E-state index is 0.0283. The third-order valence-electron chi connectivity index (χ3n) is 4.14. The van der Waals surface area contributed by atoms with Crippen molar-refractivity contribution in [3.05, 3.63) is 77.0 Å². The van der Waals surface area contributed by atoms with Crippen LogP contribution in [0.1, 0.15) is 39.1 Å². The van der Waals surface area contributed by atoms with E-state index in [1.807, 2.05) is 19.9 Å². The molecule has 142 valence electrons. The van der Waals surface area contributed by atoms with Crippen LogP contribution in [0, 0.1) is 13.8 Å². The van der Waals surface area contributed by atoms with Gasteiger partial charge in [-0.05, 0) is 44.2 Å². The third kappa shape index (κ3) is 4.05. The van der Waals surface area contributed by atoms with Crippen molar-refractivity contribution in [1.82, 2.24) is 15.1 Å². The molecule has 0 saturated carbocycles. The number of furan rings is 1. The van der Waals surface area contributed by atoms with E-state index in [0.29, 0.717) is 5.76 Å². The number of aryl methyl sites for hydroxylation is 2. The summed E-state index contributed by atoms with van der Waals surface area (Å²) in [4.78, 5) is 12.4. The van der Waals surface area contributed by atoms with Gasteiger partial charge in [0.05, 0.1) is 23.1 Å². The molecule has 0 aliphatic rings. The topological polar surface area (TPSA) is 60.1 Å². The van der Waals surface area contributed by atoms with Crippen LogP contribution in [0.15, 0.2) is 53.1 Å². The van der Waals surface area contributed by atoms with Crippen molar-refractivity contribution in [2.24, 2.45) is 0 Å². The highest BCUT2D eigenvalue weighted by Gasteiger charge is 2.35. The molecule has 8 heteroatoms. The van der Waals surface area contributed by atoms with E-state index in [9.17, 15) is 18.0 Å². The second-order valence-corrected chi connectivity index (χ2v) is 6.16. The second kappa shape index (κ2) is 7.30. The molecule has 2 aromatic heterocycles. The normalized spacial score (nSPS) is 12.8. The van der Waals surface area contributed by atoms with Crippen LogP contribution in [0.2, 0.25) is 0 Å². The maximum atomic E-state index is 13.1. The Hall–Kier alpha value is -3.03. The number of aromatic nitrogens is 2. The molecule has 5 nitrogen and oxygen atoms in total. The van der Waals surface area contributed by atoms with Crippen molar-refractivity contribution in [1.29, 1.82) is 0 Å². The highest BCUT2D eigenvalue weighted by molar-refractivity contribution is 5.95. The van der Waals surface area contributed by atoms with Crippen LogP contribution < -0.4 is 5.32 Å². The van der Waals surface area contributed by atoms with Crippen molar-refractivity contribution in [3.63, 3.8) is 0 Å². The molecule has 0 aliphatic carbocycles. The zero-order valence-electron chi connectivity index (χ0n) is 14.7. The number of carbonyl (C=O) groups excluding carboxylic acids is 1. The van der Waals surface area contributed by atoms with E-state index < -0.39 is 29.3 Å². The van der Waals surface area contributed by atoms with Crippen LogP contribution in [0.5, 0.6) is 0 Å². The molecule has 0 bridgehead atoms. The molecule has 1 amide bonds. The first-order chi connectivity index (χ1) is 12.8. The standard InChI is InChI=1S/C19H18F3N3O2/c1-12-10-13(2)25(24-12)16(17-8-5-9-27-17)11-23-18(26)14-6-3-4-7-15(14)19(20,21)22/h3-10,16H,11H2,1-2H3,(H,23,26)/t16-/m0/s1. The summed E-state index contributed by atoms with van der Waals surface area (Å²) in [5.74, 6) is -0.258. The fraction of sp³-hybridized carbons (Fsp3) is 0.263. The molecule has 1 aromatic carbocycles. The first-order valence-electron chi connectivity index (χ1n) is 8.28. The quantitative estimate of drug-likeness (QED) is 0.727. The molecule has 0 fully saturated rings. The van der Waals surface area contributed by atoms with Crippen LogP contribution in [-0.4, -0.2) is 22.2 Å². The van der Waals surface area contributed by atoms with Gasteiger partial charge in [0.1, 0.15) is 11.8 Å². The van der Waals surface area contributed by atoms with Crippen molar-refractivity contribution in [3.8, 4) is 0 Å². The Morgan fingerprint density at radius 1 is 1.22 bits per heavy atom. The van der Waals surface area contributed by atoms with E-state index in [2.05, 4.69) is 10.4 Å². The van der Waals surface area contributed by atoms with Gasteiger partial charge in [0.25, 0.3) is 5.91 Å². The molecule has 2 heterocycles. The molecular formula is C19H18F3N3O2. The Bertz CT molecular complexity index is 930. The Morgan fingerprint density at radius 2 is 1.96 bits per heavy atom. The van der Waals surface area contributed by atoms with Crippen LogP contribution in [0.3, 0.4) is 0 Å². The summed E-state index contributed by atoms with van der Waals surface area (Å²) in [5.41, 5.74) is 0.247. The summed E-state index contributed by atoms with van der Waals surface area (Å²) in [6.45, 7) is 3.72. The van der Waals surface area contributed by atoms with E-state index in [1.54, 1.807) is 16.8 Å². The molecule has 0 saturated heterocycles. The number of benzene rings is 1. The minimum Gasteiger partial charge on any atom is -0.467 e. The van der Waals surface area contributed by atoms with Crippen molar-refractivity contribution in [2.45, 2.75) is 26.1 Å². The van der Waals surface area contributed by atoms with E-state index in [-0.39, 0.29) is 6.54 Å². The van der Waals surface area contributed by atoms with Gasteiger partial charge in [0, 0.05) is 12.2 Å². The van der Waals surface area contributed by atoms with Crippen LogP contribution in [0.4, 0.5) is 13.2 Å². The van der Waals surface area contributed by atoms with Crippen LogP contribution >= 0.6 is 0 Å². The number of hydrogen-bond acceptors (Lipinski definition) is 3. The zero-order chi connectivity index (χ0) is 19.6. The van der Waals surface area contributed by atoms with Gasteiger partial charge in [0.15, 0.2) is 0 Å². The van der Waals surface area contributed by atoms with Gasteiger partial charge in [-0.1, -0.05) is 12.1 Å². The molecule has 0 aliphatic heterocycles. The predicted molar refractivity (Wildman–Crippen MR) is 92.3 cm³/mol. The van der Waals surface area contributed by atoms with Crippen LogP contribution in [-0.2, 0) is 6.18 Å². The number of halogens is 3. The lowest BCUT2D eigenvalue weighted by atomic mass is 10.1. The lowest BCUT2D eigenvalue weighted by Gasteiger charge is -2.19. The number of nitrogens with one attached hydrogen (secondary N) is 1. The average Bonchev–Trinajstić information content (AvgIpc) is 3.24. The first-order valence-corrected chi connectivity index (χ1v) is 8.28. The summed E-state index contributed by atoms with van der Waals surface area (Å²) in [7, 11) is 0. The Balaban J connectivity index is 1.85. The smallest absolute Gasteiger partial charge is 0.417 e. The molecule has 0 radical (unpaired) electrons. The van der Waals surface area contributed by atoms with Gasteiger partial charge >= 0.3 is 6.18 Å². The van der Waals surface area contributed by atoms with E-state index >= 15 is 0 Å². The zero-order valence-corrected chi connectivity index (χ0v) is 14.7. The molecule has 0 spiro atoms. The predicted octanol–water partition coefficient (Wildman–Crippen LogP) is 4.13. The maximum Gasteiger partial charge on any atom is 0.417 e. The molecule has 3 rings (SSSR count). The molecule has 3 aromatic rings. The maximum absolute atomic E-state index is 13.1. The summed E-state index contributed by atoms with van der Waals surface area (Å²) in [5, 5.41) is 6.97. The van der Waals surface area contributed by atoms with Crippen molar-refractivity contribution >= 4 is 5.91 Å². The molecule has 0 unspecified atom stereocenters. The Morgan fingerprint density at radius 3 is 2.56 bits per heavy atom. The number of carbonyl (C=O) groups is 1. The third-order valence-corrected chi connectivity index (χ3v) is 4.14. The minimum atomic E-state index is -4.61. The van der Waals surface area contributed by atoms with Crippen LogP contribution in [0.25, 0.3) is 0 Å². The summed E-state index contributed by atoms with van der Waals surface area (Å²) in [6.07, 6.45) is -3.11. The number of nitrogens with zero attached hydrogens (tertiary/aromatic N) is 2. The first kappa shape index (κ1) is 18.8. The van der Waals surface area contributed by atoms with E-state index in [4.69, 9.17) is 4.42 Å². The average molecular weight is 377 g/mol. The molecule has 1 atom stereocenters. The largest absolute Gasteiger partial charge is 0.467 e. The van der Waals surface area contributed by atoms with Gasteiger partial charge < -0.3 is 9.73 Å². The highest BCUT2D eigenvalue weighted by atomic mass is 19.4. The fourth-order valence-corrected chi connectivity index (χ4v) is 2.96. The number of amides is 1. The lowest BCUT2D eigenvalue weighted by molar-refractivity contribution is -0.137. The summed E-state index contributed by atoms with van der Waals surface area (Å²) < 4.78 is 46.5. The number of rotatable bonds is 5. The SMILES string of the molecule is Cc1cc(C)n([C@@H](CNC(=O)c2ccccc2C(F)(F)F)c2ccco2)n1. The lowest BCUT2D eigenvalue weighted by Crippen LogP contribution is -2.33. The summed E-state index contributed by atoms with van der Waals surface area (Å²) >= 11 is 0. The van der Waals surface area contributed by atoms with Crippen molar-refractivity contribution < 1.29 is 22.4 Å². The second-order valence-electron chi connectivity index (χ2n) is 6.16. The van der Waals surface area contributed by atoms with Gasteiger partial charge in [-0.3, -0.25) is 9.48 Å². The highest BCUT2D eigenvalue weighted by Crippen LogP contribution is 2.32.